The van der Waals surface area contributed by atoms with Crippen LogP contribution in [0.15, 0.2) is 46.9 Å². The van der Waals surface area contributed by atoms with Gasteiger partial charge in [-0.15, -0.1) is 38.0 Å². The van der Waals surface area contributed by atoms with Crippen LogP contribution in [0, 0.1) is 5.82 Å². The third-order valence-electron chi connectivity index (χ3n) is 4.22. The standard InChI is InChI=1S/C18H17BrF4N2O.2ClH/c19-14-2-1-3-15(20)16(14)17(25-10-8-24-9-11-25)12-4-6-13(7-5-12)26-18(21,22)23;;/h1-7,17,24H,8-11H2;2*1H/t17-;;/m0../s1. The number of halogens is 7. The minimum absolute atomic E-state index is 0. The zero-order valence-corrected chi connectivity index (χ0v) is 17.7. The maximum atomic E-state index is 14.6. The van der Waals surface area contributed by atoms with E-state index >= 15 is 0 Å². The highest BCUT2D eigenvalue weighted by molar-refractivity contribution is 9.10. The van der Waals surface area contributed by atoms with Crippen LogP contribution in [0.5, 0.6) is 5.75 Å². The minimum Gasteiger partial charge on any atom is -0.406 e. The predicted octanol–water partition coefficient (Wildman–Crippen LogP) is 5.33. The van der Waals surface area contributed by atoms with E-state index in [0.717, 1.165) is 13.1 Å². The van der Waals surface area contributed by atoms with Crippen molar-refractivity contribution < 1.29 is 22.3 Å². The van der Waals surface area contributed by atoms with Crippen LogP contribution in [0.1, 0.15) is 17.2 Å². The van der Waals surface area contributed by atoms with E-state index in [4.69, 9.17) is 0 Å². The van der Waals surface area contributed by atoms with Gasteiger partial charge in [-0.1, -0.05) is 34.1 Å². The van der Waals surface area contributed by atoms with Crippen molar-refractivity contribution in [1.29, 1.82) is 0 Å². The van der Waals surface area contributed by atoms with Crippen LogP contribution in [-0.2, 0) is 0 Å². The quantitative estimate of drug-likeness (QED) is 0.569. The lowest BCUT2D eigenvalue weighted by Gasteiger charge is -2.36. The molecule has 156 valence electrons. The van der Waals surface area contributed by atoms with Gasteiger partial charge in [0.1, 0.15) is 11.6 Å². The molecule has 1 fully saturated rings. The largest absolute Gasteiger partial charge is 0.573 e. The molecule has 1 N–H and O–H groups in total. The number of alkyl halides is 3. The van der Waals surface area contributed by atoms with E-state index in [1.165, 1.54) is 18.2 Å². The third-order valence-corrected chi connectivity index (χ3v) is 4.91. The summed E-state index contributed by atoms with van der Waals surface area (Å²) in [6.07, 6.45) is -4.74. The molecule has 10 heteroatoms. The summed E-state index contributed by atoms with van der Waals surface area (Å²) < 4.78 is 56.3. The molecule has 0 bridgehead atoms. The SMILES string of the molecule is Cl.Cl.Fc1cccc(Br)c1[C@H](c1ccc(OC(F)(F)F)cc1)N1CCNCC1. The minimum atomic E-state index is -4.74. The molecule has 0 radical (unpaired) electrons. The van der Waals surface area contributed by atoms with Gasteiger partial charge in [-0.25, -0.2) is 4.39 Å². The van der Waals surface area contributed by atoms with E-state index in [1.807, 2.05) is 0 Å². The van der Waals surface area contributed by atoms with Crippen molar-refractivity contribution in [2.75, 3.05) is 26.2 Å². The van der Waals surface area contributed by atoms with Gasteiger partial charge < -0.3 is 10.1 Å². The molecule has 1 heterocycles. The molecule has 0 spiro atoms. The Hall–Kier alpha value is -1.06. The average Bonchev–Trinajstić information content (AvgIpc) is 2.59. The summed E-state index contributed by atoms with van der Waals surface area (Å²) in [5, 5.41) is 3.24. The van der Waals surface area contributed by atoms with Gasteiger partial charge in [-0.2, -0.15) is 0 Å². The maximum absolute atomic E-state index is 14.6. The summed E-state index contributed by atoms with van der Waals surface area (Å²) in [6, 6.07) is 9.95. The first kappa shape index (κ1) is 25.0. The second-order valence-corrected chi connectivity index (χ2v) is 6.80. The molecule has 28 heavy (non-hydrogen) atoms. The number of hydrogen-bond donors (Lipinski definition) is 1. The molecule has 0 aromatic heterocycles. The van der Waals surface area contributed by atoms with E-state index in [-0.39, 0.29) is 36.4 Å². The van der Waals surface area contributed by atoms with E-state index < -0.39 is 12.4 Å². The first-order chi connectivity index (χ1) is 12.3. The highest BCUT2D eigenvalue weighted by Gasteiger charge is 2.32. The van der Waals surface area contributed by atoms with E-state index in [2.05, 4.69) is 30.9 Å². The van der Waals surface area contributed by atoms with Crippen molar-refractivity contribution >= 4 is 40.7 Å². The zero-order chi connectivity index (χ0) is 18.7. The molecule has 0 unspecified atom stereocenters. The molecule has 3 nitrogen and oxygen atoms in total. The van der Waals surface area contributed by atoms with Gasteiger partial charge in [0.05, 0.1) is 6.04 Å². The second kappa shape index (κ2) is 10.6. The smallest absolute Gasteiger partial charge is 0.406 e. The molecule has 0 saturated carbocycles. The molecule has 0 aliphatic carbocycles. The molecule has 1 saturated heterocycles. The molecule has 1 aliphatic heterocycles. The van der Waals surface area contributed by atoms with Crippen molar-refractivity contribution in [3.63, 3.8) is 0 Å². The fraction of sp³-hybridized carbons (Fsp3) is 0.333. The second-order valence-electron chi connectivity index (χ2n) is 5.94. The Bertz CT molecular complexity index is 736. The fourth-order valence-electron chi connectivity index (χ4n) is 3.12. The van der Waals surface area contributed by atoms with E-state index in [0.29, 0.717) is 28.7 Å². The van der Waals surface area contributed by atoms with Crippen LogP contribution in [-0.4, -0.2) is 37.4 Å². The highest BCUT2D eigenvalue weighted by Crippen LogP contribution is 2.36. The number of benzene rings is 2. The molecular formula is C18H19BrCl2F4N2O. The molecule has 1 aliphatic rings. The lowest BCUT2D eigenvalue weighted by Crippen LogP contribution is -2.45. The third kappa shape index (κ3) is 6.22. The van der Waals surface area contributed by atoms with Crippen molar-refractivity contribution in [2.24, 2.45) is 0 Å². The maximum Gasteiger partial charge on any atom is 0.573 e. The molecular weight excluding hydrogens is 487 g/mol. The lowest BCUT2D eigenvalue weighted by molar-refractivity contribution is -0.274. The molecule has 2 aromatic rings. The molecule has 1 atom stereocenters. The predicted molar refractivity (Wildman–Crippen MR) is 108 cm³/mol. The monoisotopic (exact) mass is 504 g/mol. The number of piperazine rings is 1. The van der Waals surface area contributed by atoms with Crippen molar-refractivity contribution in [2.45, 2.75) is 12.4 Å². The van der Waals surface area contributed by atoms with E-state index in [1.54, 1.807) is 24.3 Å². The summed E-state index contributed by atoms with van der Waals surface area (Å²) >= 11 is 3.41. The summed E-state index contributed by atoms with van der Waals surface area (Å²) in [4.78, 5) is 2.11. The average molecular weight is 506 g/mol. The molecule has 2 aromatic carbocycles. The van der Waals surface area contributed by atoms with Crippen LogP contribution in [0.4, 0.5) is 17.6 Å². The van der Waals surface area contributed by atoms with Gasteiger partial charge in [0.15, 0.2) is 0 Å². The Morgan fingerprint density at radius 3 is 2.14 bits per heavy atom. The summed E-state index contributed by atoms with van der Waals surface area (Å²) in [7, 11) is 0. The van der Waals surface area contributed by atoms with Gasteiger partial charge in [0, 0.05) is 36.2 Å². The van der Waals surface area contributed by atoms with Crippen molar-refractivity contribution in [3.05, 3.63) is 63.9 Å². The van der Waals surface area contributed by atoms with Gasteiger partial charge in [0.2, 0.25) is 0 Å². The Morgan fingerprint density at radius 1 is 1.00 bits per heavy atom. The molecule has 0 amide bonds. The lowest BCUT2D eigenvalue weighted by atomic mass is 9.96. The number of nitrogens with zero attached hydrogens (tertiary/aromatic N) is 1. The first-order valence-corrected chi connectivity index (χ1v) is 8.89. The topological polar surface area (TPSA) is 24.5 Å². The first-order valence-electron chi connectivity index (χ1n) is 8.09. The van der Waals surface area contributed by atoms with Crippen molar-refractivity contribution in [1.82, 2.24) is 10.2 Å². The Morgan fingerprint density at radius 2 is 1.61 bits per heavy atom. The number of nitrogens with one attached hydrogen (secondary N) is 1. The number of hydrogen-bond acceptors (Lipinski definition) is 3. The fourth-order valence-corrected chi connectivity index (χ4v) is 3.68. The van der Waals surface area contributed by atoms with Gasteiger partial charge in [0.25, 0.3) is 0 Å². The summed E-state index contributed by atoms with van der Waals surface area (Å²) in [6.45, 7) is 2.92. The normalized spacial score (nSPS) is 15.9. The molecule has 3 rings (SSSR count). The Kier molecular flexibility index (Phi) is 9.49. The van der Waals surface area contributed by atoms with Gasteiger partial charge >= 0.3 is 6.36 Å². The van der Waals surface area contributed by atoms with Crippen LogP contribution in [0.2, 0.25) is 0 Å². The number of rotatable bonds is 4. The van der Waals surface area contributed by atoms with Crippen molar-refractivity contribution in [3.8, 4) is 5.75 Å². The van der Waals surface area contributed by atoms with Gasteiger partial charge in [-0.05, 0) is 29.8 Å². The van der Waals surface area contributed by atoms with Crippen LogP contribution in [0.3, 0.4) is 0 Å². The number of ether oxygens (including phenoxy) is 1. The highest BCUT2D eigenvalue weighted by atomic mass is 79.9. The Balaban J connectivity index is 0.00000196. The summed E-state index contributed by atoms with van der Waals surface area (Å²) in [5.74, 6) is -0.661. The summed E-state index contributed by atoms with van der Waals surface area (Å²) in [5.41, 5.74) is 1.17. The van der Waals surface area contributed by atoms with E-state index in [9.17, 15) is 17.6 Å². The van der Waals surface area contributed by atoms with Crippen LogP contribution in [0.25, 0.3) is 0 Å². The van der Waals surface area contributed by atoms with Gasteiger partial charge in [-0.3, -0.25) is 4.90 Å². The Labute approximate surface area is 181 Å². The van der Waals surface area contributed by atoms with Crippen LogP contribution >= 0.6 is 40.7 Å². The zero-order valence-electron chi connectivity index (χ0n) is 14.5. The van der Waals surface area contributed by atoms with Crippen LogP contribution < -0.4 is 10.1 Å².